The van der Waals surface area contributed by atoms with Crippen LogP contribution in [0.2, 0.25) is 0 Å². The molecule has 3 N–H and O–H groups in total. The van der Waals surface area contributed by atoms with E-state index in [1.165, 1.54) is 0 Å². The Morgan fingerprint density at radius 1 is 1.60 bits per heavy atom. The van der Waals surface area contributed by atoms with Crippen LogP contribution in [0, 0.1) is 6.92 Å². The number of aryl methyl sites for hydroxylation is 1. The van der Waals surface area contributed by atoms with Gasteiger partial charge in [-0.15, -0.1) is 0 Å². The van der Waals surface area contributed by atoms with Gasteiger partial charge in [0.05, 0.1) is 6.54 Å². The third kappa shape index (κ3) is 2.03. The zero-order valence-electron chi connectivity index (χ0n) is 8.73. The Bertz CT molecular complexity index is 353. The number of nitrogens with two attached hydrogens (primary N) is 1. The molecule has 1 aliphatic heterocycles. The van der Waals surface area contributed by atoms with E-state index in [9.17, 15) is 4.79 Å². The predicted octanol–water partition coefficient (Wildman–Crippen LogP) is -0.201. The molecule has 1 aromatic rings. The Hall–Kier alpha value is -1.72. The maximum absolute atomic E-state index is 11.2. The molecule has 0 radical (unpaired) electrons. The minimum absolute atomic E-state index is 0.00634. The zero-order chi connectivity index (χ0) is 10.8. The molecule has 0 unspecified atom stereocenters. The highest BCUT2D eigenvalue weighted by Crippen LogP contribution is 2.06. The standard InChI is InChI=1S/C9H15N5O/c1-7-6-14(12-8(7)10)5-4-13-3-2-11-9(13)15/h6H,2-5H2,1H3,(H2,10,12)(H,11,15). The number of aromatic nitrogens is 2. The van der Waals surface area contributed by atoms with Crippen molar-refractivity contribution in [3.63, 3.8) is 0 Å². The van der Waals surface area contributed by atoms with Gasteiger partial charge in [-0.3, -0.25) is 4.68 Å². The van der Waals surface area contributed by atoms with E-state index in [4.69, 9.17) is 5.73 Å². The molecular formula is C9H15N5O. The number of nitrogens with zero attached hydrogens (tertiary/aromatic N) is 3. The second-order valence-corrected chi connectivity index (χ2v) is 3.68. The molecule has 0 bridgehead atoms. The molecule has 2 heterocycles. The Balaban J connectivity index is 1.90. The van der Waals surface area contributed by atoms with E-state index in [-0.39, 0.29) is 6.03 Å². The second kappa shape index (κ2) is 3.80. The van der Waals surface area contributed by atoms with Crippen molar-refractivity contribution in [2.75, 3.05) is 25.4 Å². The number of carbonyl (C=O) groups excluding carboxylic acids is 1. The van der Waals surface area contributed by atoms with Gasteiger partial charge in [-0.25, -0.2) is 4.79 Å². The lowest BCUT2D eigenvalue weighted by atomic mass is 10.4. The summed E-state index contributed by atoms with van der Waals surface area (Å²) in [5.74, 6) is 0.556. The molecule has 1 saturated heterocycles. The number of hydrogen-bond donors (Lipinski definition) is 2. The summed E-state index contributed by atoms with van der Waals surface area (Å²) in [5.41, 5.74) is 6.60. The van der Waals surface area contributed by atoms with Crippen molar-refractivity contribution < 1.29 is 4.79 Å². The van der Waals surface area contributed by atoms with Crippen LogP contribution in [0.15, 0.2) is 6.20 Å². The number of hydrogen-bond acceptors (Lipinski definition) is 3. The quantitative estimate of drug-likeness (QED) is 0.723. The van der Waals surface area contributed by atoms with Crippen molar-refractivity contribution in [3.05, 3.63) is 11.8 Å². The Kier molecular flexibility index (Phi) is 2.49. The van der Waals surface area contributed by atoms with Crippen LogP contribution in [0.4, 0.5) is 10.6 Å². The molecule has 0 spiro atoms. The molecule has 2 rings (SSSR count). The van der Waals surface area contributed by atoms with E-state index < -0.39 is 0 Å². The van der Waals surface area contributed by atoms with E-state index in [2.05, 4.69) is 10.4 Å². The van der Waals surface area contributed by atoms with Gasteiger partial charge in [0, 0.05) is 31.4 Å². The molecule has 1 aliphatic rings. The molecule has 0 atom stereocenters. The molecule has 0 saturated carbocycles. The minimum atomic E-state index is 0.00634. The van der Waals surface area contributed by atoms with Crippen LogP contribution >= 0.6 is 0 Å². The van der Waals surface area contributed by atoms with Crippen molar-refractivity contribution in [3.8, 4) is 0 Å². The predicted molar refractivity (Wildman–Crippen MR) is 56.3 cm³/mol. The number of amides is 2. The first-order valence-electron chi connectivity index (χ1n) is 4.99. The minimum Gasteiger partial charge on any atom is -0.382 e. The van der Waals surface area contributed by atoms with Gasteiger partial charge >= 0.3 is 6.03 Å². The van der Waals surface area contributed by atoms with E-state index in [1.807, 2.05) is 13.1 Å². The maximum Gasteiger partial charge on any atom is 0.317 e. The topological polar surface area (TPSA) is 76.2 Å². The monoisotopic (exact) mass is 209 g/mol. The van der Waals surface area contributed by atoms with E-state index in [1.54, 1.807) is 9.58 Å². The number of anilines is 1. The number of nitrogen functional groups attached to an aromatic ring is 1. The highest BCUT2D eigenvalue weighted by molar-refractivity contribution is 5.76. The first kappa shape index (κ1) is 9.82. The van der Waals surface area contributed by atoms with Crippen molar-refractivity contribution >= 4 is 11.8 Å². The van der Waals surface area contributed by atoms with Crippen LogP contribution in [0.1, 0.15) is 5.56 Å². The van der Waals surface area contributed by atoms with E-state index in [0.29, 0.717) is 18.9 Å². The first-order chi connectivity index (χ1) is 7.16. The summed E-state index contributed by atoms with van der Waals surface area (Å²) in [4.78, 5) is 13.0. The highest BCUT2D eigenvalue weighted by atomic mass is 16.2. The summed E-state index contributed by atoms with van der Waals surface area (Å²) in [7, 11) is 0. The van der Waals surface area contributed by atoms with Gasteiger partial charge in [-0.2, -0.15) is 5.10 Å². The molecule has 15 heavy (non-hydrogen) atoms. The molecule has 6 nitrogen and oxygen atoms in total. The SMILES string of the molecule is Cc1cn(CCN2CCNC2=O)nc1N. The van der Waals surface area contributed by atoms with Crippen molar-refractivity contribution in [2.45, 2.75) is 13.5 Å². The molecular weight excluding hydrogens is 194 g/mol. The molecule has 82 valence electrons. The van der Waals surface area contributed by atoms with Crippen LogP contribution in [-0.2, 0) is 6.54 Å². The fourth-order valence-electron chi connectivity index (χ4n) is 1.60. The largest absolute Gasteiger partial charge is 0.382 e. The Morgan fingerprint density at radius 3 is 2.93 bits per heavy atom. The van der Waals surface area contributed by atoms with Gasteiger partial charge in [0.1, 0.15) is 5.82 Å². The highest BCUT2D eigenvalue weighted by Gasteiger charge is 2.18. The third-order valence-corrected chi connectivity index (χ3v) is 2.53. The molecule has 1 fully saturated rings. The van der Waals surface area contributed by atoms with Crippen molar-refractivity contribution in [2.24, 2.45) is 0 Å². The molecule has 0 aliphatic carbocycles. The lowest BCUT2D eigenvalue weighted by molar-refractivity contribution is 0.215. The van der Waals surface area contributed by atoms with E-state index in [0.717, 1.165) is 18.7 Å². The second-order valence-electron chi connectivity index (χ2n) is 3.68. The number of nitrogens with one attached hydrogen (secondary N) is 1. The Morgan fingerprint density at radius 2 is 2.40 bits per heavy atom. The van der Waals surface area contributed by atoms with Gasteiger partial charge in [0.25, 0.3) is 0 Å². The van der Waals surface area contributed by atoms with Crippen LogP contribution in [0.3, 0.4) is 0 Å². The molecule has 1 aromatic heterocycles. The molecule has 0 aromatic carbocycles. The van der Waals surface area contributed by atoms with Crippen LogP contribution in [0.25, 0.3) is 0 Å². The lowest BCUT2D eigenvalue weighted by Crippen LogP contribution is -2.31. The summed E-state index contributed by atoms with van der Waals surface area (Å²) in [6.07, 6.45) is 1.89. The average Bonchev–Trinajstić information content (AvgIpc) is 2.72. The summed E-state index contributed by atoms with van der Waals surface area (Å²) in [6, 6.07) is 0.00634. The summed E-state index contributed by atoms with van der Waals surface area (Å²) in [6.45, 7) is 4.78. The maximum atomic E-state index is 11.2. The van der Waals surface area contributed by atoms with Crippen LogP contribution < -0.4 is 11.1 Å². The Labute approximate surface area is 88.0 Å². The van der Waals surface area contributed by atoms with Gasteiger partial charge in [0.2, 0.25) is 0 Å². The third-order valence-electron chi connectivity index (χ3n) is 2.53. The van der Waals surface area contributed by atoms with Gasteiger partial charge in [0.15, 0.2) is 0 Å². The smallest absolute Gasteiger partial charge is 0.317 e. The number of urea groups is 1. The number of carbonyl (C=O) groups is 1. The fourth-order valence-corrected chi connectivity index (χ4v) is 1.60. The summed E-state index contributed by atoms with van der Waals surface area (Å²) >= 11 is 0. The molecule has 2 amide bonds. The average molecular weight is 209 g/mol. The van der Waals surface area contributed by atoms with Gasteiger partial charge in [-0.1, -0.05) is 0 Å². The van der Waals surface area contributed by atoms with Crippen LogP contribution in [-0.4, -0.2) is 40.3 Å². The fraction of sp³-hybridized carbons (Fsp3) is 0.556. The van der Waals surface area contributed by atoms with Gasteiger partial charge in [-0.05, 0) is 6.92 Å². The van der Waals surface area contributed by atoms with E-state index >= 15 is 0 Å². The van der Waals surface area contributed by atoms with Gasteiger partial charge < -0.3 is 16.0 Å². The van der Waals surface area contributed by atoms with Crippen molar-refractivity contribution in [1.82, 2.24) is 20.0 Å². The van der Waals surface area contributed by atoms with Crippen LogP contribution in [0.5, 0.6) is 0 Å². The first-order valence-corrected chi connectivity index (χ1v) is 4.99. The zero-order valence-corrected chi connectivity index (χ0v) is 8.73. The van der Waals surface area contributed by atoms with Crippen molar-refractivity contribution in [1.29, 1.82) is 0 Å². The summed E-state index contributed by atoms with van der Waals surface area (Å²) < 4.78 is 1.77. The normalized spacial score (nSPS) is 15.8. The lowest BCUT2D eigenvalue weighted by Gasteiger charge is -2.13. The number of rotatable bonds is 3. The summed E-state index contributed by atoms with van der Waals surface area (Å²) in [5, 5.41) is 6.89. The molecule has 6 heteroatoms.